The quantitative estimate of drug-likeness (QED) is 0.646. The van der Waals surface area contributed by atoms with Gasteiger partial charge in [-0.15, -0.1) is 0 Å². The molecule has 0 aromatic heterocycles. The number of nitrogens with one attached hydrogen (secondary N) is 1. The lowest BCUT2D eigenvalue weighted by atomic mass is 9.92. The molecule has 1 aliphatic heterocycles. The van der Waals surface area contributed by atoms with Gasteiger partial charge in [-0.3, -0.25) is 4.79 Å². The Hall–Kier alpha value is -1.14. The first-order chi connectivity index (χ1) is 8.06. The molecule has 1 aliphatic rings. The van der Waals surface area contributed by atoms with E-state index in [1.54, 1.807) is 6.92 Å². The summed E-state index contributed by atoms with van der Waals surface area (Å²) in [5, 5.41) is 2.55. The minimum absolute atomic E-state index is 0.119. The van der Waals surface area contributed by atoms with Crippen LogP contribution in [0.25, 0.3) is 0 Å². The van der Waals surface area contributed by atoms with Crippen molar-refractivity contribution in [3.63, 3.8) is 0 Å². The summed E-state index contributed by atoms with van der Waals surface area (Å²) in [4.78, 5) is 22.9. The molecular weight excluding hydrogens is 224 g/mol. The summed E-state index contributed by atoms with van der Waals surface area (Å²) in [5.74, 6) is -0.666. The van der Waals surface area contributed by atoms with Crippen molar-refractivity contribution in [3.05, 3.63) is 0 Å². The van der Waals surface area contributed by atoms with E-state index in [-0.39, 0.29) is 11.8 Å². The first-order valence-electron chi connectivity index (χ1n) is 5.77. The van der Waals surface area contributed by atoms with Gasteiger partial charge in [0.1, 0.15) is 6.04 Å². The molecule has 1 rings (SSSR count). The summed E-state index contributed by atoms with van der Waals surface area (Å²) < 4.78 is 9.73. The molecule has 1 unspecified atom stereocenters. The zero-order valence-corrected chi connectivity index (χ0v) is 10.3. The van der Waals surface area contributed by atoms with E-state index in [2.05, 4.69) is 10.1 Å². The number of carbonyl (C=O) groups is 2. The molecule has 1 fully saturated rings. The number of rotatable bonds is 4. The van der Waals surface area contributed by atoms with Crippen molar-refractivity contribution >= 4 is 11.9 Å². The van der Waals surface area contributed by atoms with Gasteiger partial charge in [0.2, 0.25) is 5.91 Å². The predicted molar refractivity (Wildman–Crippen MR) is 61.1 cm³/mol. The van der Waals surface area contributed by atoms with Gasteiger partial charge in [-0.2, -0.15) is 0 Å². The highest BCUT2D eigenvalue weighted by atomic mass is 16.5. The largest absolute Gasteiger partial charge is 0.467 e. The van der Waals surface area contributed by atoms with Gasteiger partial charge in [-0.1, -0.05) is 0 Å². The number of amides is 1. The second kappa shape index (κ2) is 6.56. The van der Waals surface area contributed by atoms with Crippen LogP contribution in [-0.2, 0) is 19.1 Å². The van der Waals surface area contributed by atoms with Crippen molar-refractivity contribution in [2.24, 2.45) is 11.7 Å². The second-order valence-electron chi connectivity index (χ2n) is 4.23. The van der Waals surface area contributed by atoms with E-state index in [0.29, 0.717) is 13.2 Å². The fourth-order valence-corrected chi connectivity index (χ4v) is 1.83. The molecule has 6 nitrogen and oxygen atoms in total. The van der Waals surface area contributed by atoms with Crippen LogP contribution in [0.3, 0.4) is 0 Å². The van der Waals surface area contributed by atoms with Gasteiger partial charge in [0, 0.05) is 13.2 Å². The number of nitrogens with two attached hydrogens (primary N) is 1. The zero-order chi connectivity index (χ0) is 12.8. The monoisotopic (exact) mass is 244 g/mol. The topological polar surface area (TPSA) is 90.7 Å². The Morgan fingerprint density at radius 1 is 1.41 bits per heavy atom. The average molecular weight is 244 g/mol. The van der Waals surface area contributed by atoms with Crippen LogP contribution >= 0.6 is 0 Å². The fourth-order valence-electron chi connectivity index (χ4n) is 1.83. The SMILES string of the molecule is COC(=O)[C@@H](C)NC(=O)C(N)C1CCOCC1. The third-order valence-electron chi connectivity index (χ3n) is 2.99. The minimum Gasteiger partial charge on any atom is -0.467 e. The van der Waals surface area contributed by atoms with E-state index in [4.69, 9.17) is 10.5 Å². The first kappa shape index (κ1) is 13.9. The Labute approximate surface area is 101 Å². The number of hydrogen-bond acceptors (Lipinski definition) is 5. The Bertz CT molecular complexity index is 277. The smallest absolute Gasteiger partial charge is 0.328 e. The van der Waals surface area contributed by atoms with Crippen LogP contribution < -0.4 is 11.1 Å². The Balaban J connectivity index is 2.43. The van der Waals surface area contributed by atoms with Crippen molar-refractivity contribution in [3.8, 4) is 0 Å². The molecule has 0 bridgehead atoms. The average Bonchev–Trinajstić information content (AvgIpc) is 2.37. The second-order valence-corrected chi connectivity index (χ2v) is 4.23. The normalized spacial score (nSPS) is 20.4. The highest BCUT2D eigenvalue weighted by Gasteiger charge is 2.28. The Morgan fingerprint density at radius 2 is 2.00 bits per heavy atom. The van der Waals surface area contributed by atoms with Gasteiger partial charge in [0.15, 0.2) is 0 Å². The van der Waals surface area contributed by atoms with Gasteiger partial charge in [0.05, 0.1) is 13.2 Å². The van der Waals surface area contributed by atoms with E-state index >= 15 is 0 Å². The molecule has 0 aliphatic carbocycles. The maximum Gasteiger partial charge on any atom is 0.328 e. The predicted octanol–water partition coefficient (Wildman–Crippen LogP) is -0.582. The standard InChI is InChI=1S/C11H20N2O4/c1-7(11(15)16-2)13-10(14)9(12)8-3-5-17-6-4-8/h7-9H,3-6,12H2,1-2H3,(H,13,14)/t7-,9?/m1/s1. The molecule has 0 saturated carbocycles. The van der Waals surface area contributed by atoms with Crippen LogP contribution in [0.1, 0.15) is 19.8 Å². The molecule has 2 atom stereocenters. The molecule has 17 heavy (non-hydrogen) atoms. The molecule has 0 aromatic rings. The van der Waals surface area contributed by atoms with Crippen LogP contribution in [-0.4, -0.2) is 44.3 Å². The number of hydrogen-bond donors (Lipinski definition) is 2. The summed E-state index contributed by atoms with van der Waals surface area (Å²) in [5.41, 5.74) is 5.86. The van der Waals surface area contributed by atoms with Crippen molar-refractivity contribution in [2.75, 3.05) is 20.3 Å². The lowest BCUT2D eigenvalue weighted by Crippen LogP contribution is -2.51. The Kier molecular flexibility index (Phi) is 5.37. The van der Waals surface area contributed by atoms with Crippen molar-refractivity contribution in [2.45, 2.75) is 31.8 Å². The summed E-state index contributed by atoms with van der Waals surface area (Å²) in [6.45, 7) is 2.84. The van der Waals surface area contributed by atoms with E-state index < -0.39 is 18.1 Å². The molecular formula is C11H20N2O4. The van der Waals surface area contributed by atoms with Crippen LogP contribution in [0.15, 0.2) is 0 Å². The summed E-state index contributed by atoms with van der Waals surface area (Å²) in [7, 11) is 1.28. The van der Waals surface area contributed by atoms with E-state index in [1.807, 2.05) is 0 Å². The number of carbonyl (C=O) groups excluding carboxylic acids is 2. The summed E-state index contributed by atoms with van der Waals surface area (Å²) >= 11 is 0. The number of ether oxygens (including phenoxy) is 2. The molecule has 6 heteroatoms. The van der Waals surface area contributed by atoms with Gasteiger partial charge >= 0.3 is 5.97 Å². The molecule has 1 amide bonds. The van der Waals surface area contributed by atoms with E-state index in [0.717, 1.165) is 12.8 Å². The van der Waals surface area contributed by atoms with Gasteiger partial charge in [-0.25, -0.2) is 4.79 Å². The number of esters is 1. The third kappa shape index (κ3) is 3.98. The maximum atomic E-state index is 11.8. The lowest BCUT2D eigenvalue weighted by molar-refractivity contribution is -0.144. The number of methoxy groups -OCH3 is 1. The van der Waals surface area contributed by atoms with E-state index in [1.165, 1.54) is 7.11 Å². The highest BCUT2D eigenvalue weighted by Crippen LogP contribution is 2.17. The molecule has 0 radical (unpaired) electrons. The molecule has 0 spiro atoms. The third-order valence-corrected chi connectivity index (χ3v) is 2.99. The van der Waals surface area contributed by atoms with Crippen LogP contribution in [0, 0.1) is 5.92 Å². The first-order valence-corrected chi connectivity index (χ1v) is 5.77. The van der Waals surface area contributed by atoms with Crippen molar-refractivity contribution in [1.82, 2.24) is 5.32 Å². The molecule has 3 N–H and O–H groups in total. The van der Waals surface area contributed by atoms with Crippen molar-refractivity contribution < 1.29 is 19.1 Å². The zero-order valence-electron chi connectivity index (χ0n) is 10.3. The molecule has 1 heterocycles. The van der Waals surface area contributed by atoms with Crippen LogP contribution in [0.5, 0.6) is 0 Å². The molecule has 98 valence electrons. The fraction of sp³-hybridized carbons (Fsp3) is 0.818. The van der Waals surface area contributed by atoms with Crippen LogP contribution in [0.4, 0.5) is 0 Å². The van der Waals surface area contributed by atoms with Gasteiger partial charge < -0.3 is 20.5 Å². The summed E-state index contributed by atoms with van der Waals surface area (Å²) in [6.07, 6.45) is 1.56. The maximum absolute atomic E-state index is 11.8. The summed E-state index contributed by atoms with van der Waals surface area (Å²) in [6, 6.07) is -1.26. The molecule has 1 saturated heterocycles. The molecule has 0 aromatic carbocycles. The minimum atomic E-state index is -0.668. The van der Waals surface area contributed by atoms with Crippen LogP contribution in [0.2, 0.25) is 0 Å². The van der Waals surface area contributed by atoms with Gasteiger partial charge in [0.25, 0.3) is 0 Å². The van der Waals surface area contributed by atoms with Gasteiger partial charge in [-0.05, 0) is 25.7 Å². The van der Waals surface area contributed by atoms with E-state index in [9.17, 15) is 9.59 Å². The highest BCUT2D eigenvalue weighted by molar-refractivity contribution is 5.87. The van der Waals surface area contributed by atoms with Crippen molar-refractivity contribution in [1.29, 1.82) is 0 Å². The lowest BCUT2D eigenvalue weighted by Gasteiger charge is -2.27. The Morgan fingerprint density at radius 3 is 2.53 bits per heavy atom.